The summed E-state index contributed by atoms with van der Waals surface area (Å²) in [5.41, 5.74) is 5.21. The van der Waals surface area contributed by atoms with Gasteiger partial charge < -0.3 is 0 Å². The normalized spacial score (nSPS) is 8.25. The molecule has 0 atom stereocenters. The maximum Gasteiger partial charge on any atom is 0.225 e. The van der Waals surface area contributed by atoms with Crippen molar-refractivity contribution in [3.63, 3.8) is 0 Å². The minimum absolute atomic E-state index is 0.464. The molecule has 60 valence electrons. The average Bonchev–Trinajstić information content (AvgIpc) is 2.15. The van der Waals surface area contributed by atoms with Gasteiger partial charge in [-0.25, -0.2) is 9.83 Å². The van der Waals surface area contributed by atoms with Gasteiger partial charge in [-0.3, -0.25) is 15.6 Å². The van der Waals surface area contributed by atoms with E-state index in [1.807, 2.05) is 0 Å². The van der Waals surface area contributed by atoms with Crippen LogP contribution in [0.2, 0.25) is 0 Å². The molecule has 0 saturated carbocycles. The Morgan fingerprint density at radius 3 is 2.92 bits per heavy atom. The van der Waals surface area contributed by atoms with Crippen LogP contribution in [0.25, 0.3) is 4.85 Å². The molecule has 2 N–H and O–H groups in total. The number of aromatic nitrogens is 1. The van der Waals surface area contributed by atoms with E-state index in [0.717, 1.165) is 0 Å². The molecule has 0 radical (unpaired) electrons. The van der Waals surface area contributed by atoms with Crippen molar-refractivity contribution in [1.82, 2.24) is 10.4 Å². The Labute approximate surface area is 69.2 Å². The van der Waals surface area contributed by atoms with Crippen molar-refractivity contribution in [2.24, 2.45) is 0 Å². The maximum atomic E-state index is 9.85. The van der Waals surface area contributed by atoms with Gasteiger partial charge in [0.1, 0.15) is 5.82 Å². The molecule has 0 unspecified atom stereocenters. The van der Waals surface area contributed by atoms with E-state index >= 15 is 0 Å². The number of hydrazine groups is 1. The van der Waals surface area contributed by atoms with Gasteiger partial charge in [-0.15, -0.1) is 0 Å². The van der Waals surface area contributed by atoms with Crippen LogP contribution in [0, 0.1) is 6.57 Å². The summed E-state index contributed by atoms with van der Waals surface area (Å²) in [7, 11) is 0. The molecule has 1 heterocycles. The highest BCUT2D eigenvalue weighted by molar-refractivity contribution is 5.52. The van der Waals surface area contributed by atoms with Crippen LogP contribution in [-0.4, -0.2) is 11.4 Å². The second kappa shape index (κ2) is 3.93. The van der Waals surface area contributed by atoms with Gasteiger partial charge in [0.2, 0.25) is 12.1 Å². The van der Waals surface area contributed by atoms with E-state index in [4.69, 9.17) is 6.57 Å². The fourth-order valence-electron chi connectivity index (χ4n) is 0.630. The molecule has 1 aromatic heterocycles. The molecule has 12 heavy (non-hydrogen) atoms. The molecule has 0 aliphatic rings. The monoisotopic (exact) mass is 162 g/mol. The van der Waals surface area contributed by atoms with Crippen LogP contribution in [-0.2, 0) is 4.79 Å². The van der Waals surface area contributed by atoms with Crippen molar-refractivity contribution >= 4 is 17.9 Å². The second-order valence-corrected chi connectivity index (χ2v) is 1.90. The van der Waals surface area contributed by atoms with E-state index in [-0.39, 0.29) is 0 Å². The quantitative estimate of drug-likeness (QED) is 0.391. The number of pyridine rings is 1. The number of carbonyl (C=O) groups excluding carboxylic acids is 1. The lowest BCUT2D eigenvalue weighted by molar-refractivity contribution is -0.109. The van der Waals surface area contributed by atoms with Gasteiger partial charge in [0.05, 0.1) is 6.57 Å². The van der Waals surface area contributed by atoms with Crippen molar-refractivity contribution in [1.29, 1.82) is 0 Å². The van der Waals surface area contributed by atoms with Gasteiger partial charge in [-0.2, -0.15) is 0 Å². The predicted octanol–water partition coefficient (Wildman–Crippen LogP) is 0.705. The first-order valence-electron chi connectivity index (χ1n) is 3.15. The third kappa shape index (κ3) is 1.95. The van der Waals surface area contributed by atoms with E-state index in [0.29, 0.717) is 17.9 Å². The van der Waals surface area contributed by atoms with E-state index in [1.165, 1.54) is 6.20 Å². The zero-order chi connectivity index (χ0) is 8.81. The summed E-state index contributed by atoms with van der Waals surface area (Å²) in [6.45, 7) is 6.65. The summed E-state index contributed by atoms with van der Waals surface area (Å²) in [4.78, 5) is 16.9. The lowest BCUT2D eigenvalue weighted by Crippen LogP contribution is -2.19. The molecule has 5 heteroatoms. The minimum Gasteiger partial charge on any atom is -0.282 e. The minimum atomic E-state index is 0.464. The molecule has 0 aromatic carbocycles. The number of hydrogen-bond acceptors (Lipinski definition) is 3. The third-order valence-corrected chi connectivity index (χ3v) is 1.14. The molecule has 0 spiro atoms. The van der Waals surface area contributed by atoms with Crippen molar-refractivity contribution in [3.8, 4) is 0 Å². The summed E-state index contributed by atoms with van der Waals surface area (Å²) in [5.74, 6) is 0.495. The lowest BCUT2D eigenvalue weighted by Gasteiger charge is -2.00. The molecular formula is C7H6N4O. The van der Waals surface area contributed by atoms with E-state index in [1.54, 1.807) is 12.1 Å². The van der Waals surface area contributed by atoms with Crippen LogP contribution < -0.4 is 10.9 Å². The third-order valence-electron chi connectivity index (χ3n) is 1.14. The van der Waals surface area contributed by atoms with Crippen molar-refractivity contribution < 1.29 is 4.79 Å². The molecule has 1 amide bonds. The van der Waals surface area contributed by atoms with Gasteiger partial charge in [-0.05, 0) is 6.07 Å². The summed E-state index contributed by atoms with van der Waals surface area (Å²) < 4.78 is 0. The SMILES string of the molecule is [C-]#[N+]c1ccc(NNC=O)nc1. The number of nitrogens with one attached hydrogen (secondary N) is 2. The Bertz CT molecular complexity index is 300. The molecule has 0 saturated heterocycles. The van der Waals surface area contributed by atoms with Crippen LogP contribution in [0.4, 0.5) is 11.5 Å². The highest BCUT2D eigenvalue weighted by atomic mass is 16.1. The Hall–Kier alpha value is -2.09. The second-order valence-electron chi connectivity index (χ2n) is 1.90. The molecule has 0 fully saturated rings. The molecule has 0 aliphatic carbocycles. The fraction of sp³-hybridized carbons (Fsp3) is 0. The van der Waals surface area contributed by atoms with Crippen LogP contribution >= 0.6 is 0 Å². The number of nitrogens with zero attached hydrogens (tertiary/aromatic N) is 2. The Morgan fingerprint density at radius 2 is 2.42 bits per heavy atom. The zero-order valence-electron chi connectivity index (χ0n) is 6.11. The van der Waals surface area contributed by atoms with Crippen LogP contribution in [0.1, 0.15) is 0 Å². The average molecular weight is 162 g/mol. The first-order valence-corrected chi connectivity index (χ1v) is 3.15. The zero-order valence-corrected chi connectivity index (χ0v) is 6.11. The molecule has 5 nitrogen and oxygen atoms in total. The molecular weight excluding hydrogens is 156 g/mol. The summed E-state index contributed by atoms with van der Waals surface area (Å²) in [5, 5.41) is 0. The van der Waals surface area contributed by atoms with E-state index in [9.17, 15) is 4.79 Å². The standard InChI is InChI=1S/C7H6N4O/c1-8-6-2-3-7(9-4-6)11-10-5-12/h2-5H,(H,9,11)(H,10,12). The van der Waals surface area contributed by atoms with E-state index in [2.05, 4.69) is 20.7 Å². The predicted molar refractivity (Wildman–Crippen MR) is 43.3 cm³/mol. The highest BCUT2D eigenvalue weighted by Crippen LogP contribution is 2.11. The number of anilines is 1. The number of amides is 1. The Morgan fingerprint density at radius 1 is 1.58 bits per heavy atom. The van der Waals surface area contributed by atoms with Crippen LogP contribution in [0.5, 0.6) is 0 Å². The topological polar surface area (TPSA) is 58.4 Å². The number of carbonyl (C=O) groups is 1. The molecule has 1 rings (SSSR count). The van der Waals surface area contributed by atoms with Crippen LogP contribution in [0.15, 0.2) is 18.3 Å². The highest BCUT2D eigenvalue weighted by Gasteiger charge is 1.91. The Balaban J connectivity index is 2.66. The summed E-state index contributed by atoms with van der Waals surface area (Å²) in [6.07, 6.45) is 1.92. The largest absolute Gasteiger partial charge is 0.282 e. The Kier molecular flexibility index (Phi) is 2.62. The van der Waals surface area contributed by atoms with Crippen molar-refractivity contribution in [2.45, 2.75) is 0 Å². The van der Waals surface area contributed by atoms with Crippen molar-refractivity contribution in [2.75, 3.05) is 5.43 Å². The van der Waals surface area contributed by atoms with Gasteiger partial charge in [0, 0.05) is 6.20 Å². The summed E-state index contributed by atoms with van der Waals surface area (Å²) in [6, 6.07) is 3.21. The van der Waals surface area contributed by atoms with Gasteiger partial charge >= 0.3 is 0 Å². The molecule has 0 bridgehead atoms. The van der Waals surface area contributed by atoms with Crippen LogP contribution in [0.3, 0.4) is 0 Å². The maximum absolute atomic E-state index is 9.85. The van der Waals surface area contributed by atoms with Gasteiger partial charge in [0.15, 0.2) is 0 Å². The molecule has 0 aliphatic heterocycles. The first kappa shape index (κ1) is 8.01. The summed E-state index contributed by atoms with van der Waals surface area (Å²) >= 11 is 0. The molecule has 1 aromatic rings. The number of hydrogen-bond donors (Lipinski definition) is 2. The first-order chi connectivity index (χ1) is 5.86. The van der Waals surface area contributed by atoms with Gasteiger partial charge in [0.25, 0.3) is 0 Å². The smallest absolute Gasteiger partial charge is 0.225 e. The van der Waals surface area contributed by atoms with E-state index < -0.39 is 0 Å². The van der Waals surface area contributed by atoms with Gasteiger partial charge in [-0.1, -0.05) is 6.07 Å². The van der Waals surface area contributed by atoms with Crippen molar-refractivity contribution in [3.05, 3.63) is 29.7 Å². The lowest BCUT2D eigenvalue weighted by atomic mass is 10.4. The number of rotatable bonds is 3. The fourth-order valence-corrected chi connectivity index (χ4v) is 0.630.